The molecule has 1 aromatic rings. The Morgan fingerprint density at radius 1 is 1.11 bits per heavy atom. The molecule has 0 radical (unpaired) electrons. The summed E-state index contributed by atoms with van der Waals surface area (Å²) < 4.78 is 5.81. The van der Waals surface area contributed by atoms with E-state index in [0.29, 0.717) is 44.6 Å². The molecule has 2 saturated heterocycles. The number of piperazine rings is 1. The van der Waals surface area contributed by atoms with E-state index in [9.17, 15) is 14.4 Å². The topological polar surface area (TPSA) is 66.9 Å². The van der Waals surface area contributed by atoms with E-state index in [0.717, 1.165) is 37.7 Å². The van der Waals surface area contributed by atoms with Crippen molar-refractivity contribution in [3.8, 4) is 0 Å². The molecule has 3 fully saturated rings. The van der Waals surface area contributed by atoms with Gasteiger partial charge in [-0.2, -0.15) is 0 Å². The Bertz CT molecular complexity index is 917. The van der Waals surface area contributed by atoms with Gasteiger partial charge in [0.05, 0.1) is 19.3 Å². The third kappa shape index (κ3) is 5.32. The number of hydrogen-bond acceptors (Lipinski definition) is 4. The number of ketones is 1. The Hall–Kier alpha value is -2.21. The summed E-state index contributed by atoms with van der Waals surface area (Å²) in [5.41, 5.74) is 0.457. The van der Waals surface area contributed by atoms with Gasteiger partial charge in [-0.15, -0.1) is 0 Å². The number of Topliss-reactive ketones (excluding diaryl/α,β-unsaturated/α-hetero) is 1. The Labute approximate surface area is 210 Å². The van der Waals surface area contributed by atoms with Crippen LogP contribution < -0.4 is 0 Å². The molecule has 0 aromatic heterocycles. The molecular formula is C29H42N2O4. The number of ether oxygens (including phenoxy) is 1. The molecule has 2 heterocycles. The number of likely N-dealkylation sites (tertiary alicyclic amines) is 1. The summed E-state index contributed by atoms with van der Waals surface area (Å²) in [6.45, 7) is 10.5. The first-order chi connectivity index (χ1) is 16.7. The van der Waals surface area contributed by atoms with Gasteiger partial charge in [0.25, 0.3) is 5.91 Å². The lowest BCUT2D eigenvalue weighted by molar-refractivity contribution is -0.167. The minimum Gasteiger partial charge on any atom is -0.375 e. The molecule has 4 rings (SSSR count). The summed E-state index contributed by atoms with van der Waals surface area (Å²) in [5, 5.41) is 0. The van der Waals surface area contributed by atoms with Gasteiger partial charge in [-0.1, -0.05) is 58.0 Å². The van der Waals surface area contributed by atoms with E-state index >= 15 is 0 Å². The molecule has 2 aliphatic heterocycles. The molecule has 2 unspecified atom stereocenters. The molecule has 2 amide bonds. The molecule has 35 heavy (non-hydrogen) atoms. The second kappa shape index (κ2) is 10.8. The summed E-state index contributed by atoms with van der Waals surface area (Å²) in [6, 6.07) is 9.39. The van der Waals surface area contributed by atoms with Crippen LogP contribution >= 0.6 is 0 Å². The molecule has 1 aliphatic carbocycles. The van der Waals surface area contributed by atoms with Gasteiger partial charge in [-0.3, -0.25) is 14.4 Å². The molecular weight excluding hydrogens is 440 g/mol. The van der Waals surface area contributed by atoms with Crippen molar-refractivity contribution in [3.05, 3.63) is 35.9 Å². The summed E-state index contributed by atoms with van der Waals surface area (Å²) in [6.07, 6.45) is 5.24. The second-order valence-electron chi connectivity index (χ2n) is 11.6. The van der Waals surface area contributed by atoms with E-state index in [1.54, 1.807) is 4.90 Å². The zero-order valence-electron chi connectivity index (χ0n) is 21.9. The summed E-state index contributed by atoms with van der Waals surface area (Å²) >= 11 is 0. The standard InChI is InChI=1S/C29H42N2O4/c1-20(2)23-14-13-21(3)29(4,17-23)26(32)28(34)31-24-11-8-12-25(31)27(33)30(18-24)15-16-35-19-22-9-6-5-7-10-22/h5-7,9-10,20-21,23-25H,8,11-19H2,1-4H3/t21-,23-,24?,25?,29-/m1/s1. The van der Waals surface area contributed by atoms with Crippen LogP contribution in [0, 0.1) is 23.2 Å². The summed E-state index contributed by atoms with van der Waals surface area (Å²) in [4.78, 5) is 44.3. The van der Waals surface area contributed by atoms with E-state index in [2.05, 4.69) is 20.8 Å². The highest BCUT2D eigenvalue weighted by molar-refractivity contribution is 6.38. The van der Waals surface area contributed by atoms with Gasteiger partial charge in [0.2, 0.25) is 11.7 Å². The number of fused-ring (bicyclic) bond motifs is 2. The third-order valence-corrected chi connectivity index (χ3v) is 9.02. The zero-order chi connectivity index (χ0) is 25.2. The van der Waals surface area contributed by atoms with Crippen molar-refractivity contribution >= 4 is 17.6 Å². The molecule has 0 spiro atoms. The highest BCUT2D eigenvalue weighted by atomic mass is 16.5. The molecule has 1 aromatic carbocycles. The van der Waals surface area contributed by atoms with Gasteiger partial charge < -0.3 is 14.5 Å². The molecule has 1 saturated carbocycles. The van der Waals surface area contributed by atoms with Crippen LogP contribution in [0.4, 0.5) is 0 Å². The fourth-order valence-corrected chi connectivity index (χ4v) is 6.38. The van der Waals surface area contributed by atoms with Crippen molar-refractivity contribution in [2.24, 2.45) is 23.2 Å². The largest absolute Gasteiger partial charge is 0.375 e. The van der Waals surface area contributed by atoms with Gasteiger partial charge >= 0.3 is 0 Å². The number of nitrogens with zero attached hydrogens (tertiary/aromatic N) is 2. The van der Waals surface area contributed by atoms with E-state index in [4.69, 9.17) is 4.74 Å². The maximum absolute atomic E-state index is 13.7. The number of rotatable bonds is 8. The van der Waals surface area contributed by atoms with E-state index in [1.165, 1.54) is 0 Å². The van der Waals surface area contributed by atoms with Crippen LogP contribution in [0.1, 0.15) is 71.8 Å². The van der Waals surface area contributed by atoms with Crippen molar-refractivity contribution in [3.63, 3.8) is 0 Å². The number of carbonyl (C=O) groups excluding carboxylic acids is 3. The lowest BCUT2D eigenvalue weighted by Gasteiger charge is -2.50. The fraction of sp³-hybridized carbons (Fsp3) is 0.690. The second-order valence-corrected chi connectivity index (χ2v) is 11.6. The highest BCUT2D eigenvalue weighted by Crippen LogP contribution is 2.47. The number of carbonyl (C=O) groups is 3. The van der Waals surface area contributed by atoms with Gasteiger partial charge in [-0.25, -0.2) is 0 Å². The van der Waals surface area contributed by atoms with Crippen molar-refractivity contribution < 1.29 is 19.1 Å². The van der Waals surface area contributed by atoms with Gasteiger partial charge in [0.1, 0.15) is 6.04 Å². The van der Waals surface area contributed by atoms with Crippen LogP contribution in [-0.2, 0) is 25.7 Å². The van der Waals surface area contributed by atoms with Crippen molar-refractivity contribution in [1.82, 2.24) is 9.80 Å². The van der Waals surface area contributed by atoms with Crippen LogP contribution in [-0.4, -0.2) is 59.2 Å². The minimum absolute atomic E-state index is 0.0349. The average molecular weight is 483 g/mol. The first-order valence-corrected chi connectivity index (χ1v) is 13.5. The van der Waals surface area contributed by atoms with Crippen LogP contribution in [0.25, 0.3) is 0 Å². The number of benzene rings is 1. The quantitative estimate of drug-likeness (QED) is 0.405. The molecule has 6 heteroatoms. The lowest BCUT2D eigenvalue weighted by Crippen LogP contribution is -2.67. The van der Waals surface area contributed by atoms with E-state index in [-0.39, 0.29) is 23.7 Å². The molecule has 3 aliphatic rings. The van der Waals surface area contributed by atoms with Crippen molar-refractivity contribution in [1.29, 1.82) is 0 Å². The first-order valence-electron chi connectivity index (χ1n) is 13.5. The Morgan fingerprint density at radius 2 is 1.86 bits per heavy atom. The van der Waals surface area contributed by atoms with E-state index < -0.39 is 17.4 Å². The molecule has 192 valence electrons. The Morgan fingerprint density at radius 3 is 2.57 bits per heavy atom. The molecule has 6 nitrogen and oxygen atoms in total. The van der Waals surface area contributed by atoms with Gasteiger partial charge in [-0.05, 0) is 61.8 Å². The normalized spacial score (nSPS) is 31.1. The first kappa shape index (κ1) is 25.9. The fourth-order valence-electron chi connectivity index (χ4n) is 6.38. The monoisotopic (exact) mass is 482 g/mol. The average Bonchev–Trinajstić information content (AvgIpc) is 2.85. The predicted molar refractivity (Wildman–Crippen MR) is 135 cm³/mol. The molecule has 2 bridgehead atoms. The smallest absolute Gasteiger partial charge is 0.291 e. The maximum atomic E-state index is 13.7. The SMILES string of the molecule is CC(C)[C@@H]1CC[C@@H](C)[C@](C)(C(=O)C(=O)N2C3CCCC2C(=O)N(CCOCc2ccccc2)C3)C1. The van der Waals surface area contributed by atoms with Crippen molar-refractivity contribution in [2.75, 3.05) is 19.7 Å². The minimum atomic E-state index is -0.649. The summed E-state index contributed by atoms with van der Waals surface area (Å²) in [7, 11) is 0. The molecule has 5 atom stereocenters. The molecule has 0 N–H and O–H groups in total. The Kier molecular flexibility index (Phi) is 7.99. The van der Waals surface area contributed by atoms with Gasteiger partial charge in [0, 0.05) is 18.5 Å². The number of hydrogen-bond donors (Lipinski definition) is 0. The third-order valence-electron chi connectivity index (χ3n) is 9.02. The summed E-state index contributed by atoms with van der Waals surface area (Å²) in [5.74, 6) is 0.395. The lowest BCUT2D eigenvalue weighted by atomic mass is 9.60. The Balaban J connectivity index is 1.40. The number of piperidine rings is 1. The highest BCUT2D eigenvalue weighted by Gasteiger charge is 2.52. The van der Waals surface area contributed by atoms with Crippen LogP contribution in [0.3, 0.4) is 0 Å². The predicted octanol–water partition coefficient (Wildman–Crippen LogP) is 4.46. The van der Waals surface area contributed by atoms with E-state index in [1.807, 2.05) is 42.2 Å². The zero-order valence-corrected chi connectivity index (χ0v) is 21.9. The van der Waals surface area contributed by atoms with Crippen molar-refractivity contribution in [2.45, 2.75) is 84.9 Å². The number of amides is 2. The van der Waals surface area contributed by atoms with Crippen LogP contribution in [0.2, 0.25) is 0 Å². The maximum Gasteiger partial charge on any atom is 0.291 e. The van der Waals surface area contributed by atoms with Crippen LogP contribution in [0.15, 0.2) is 30.3 Å². The van der Waals surface area contributed by atoms with Gasteiger partial charge in [0.15, 0.2) is 0 Å². The van der Waals surface area contributed by atoms with Crippen LogP contribution in [0.5, 0.6) is 0 Å².